The van der Waals surface area contributed by atoms with Crippen molar-refractivity contribution in [2.45, 2.75) is 13.0 Å². The lowest BCUT2D eigenvalue weighted by molar-refractivity contribution is -0.158. The first-order chi connectivity index (χ1) is 16.3. The molecule has 0 aliphatic carbocycles. The Balaban J connectivity index is 1.71. The van der Waals surface area contributed by atoms with Gasteiger partial charge in [-0.3, -0.25) is 9.59 Å². The van der Waals surface area contributed by atoms with Crippen molar-refractivity contribution in [3.05, 3.63) is 47.0 Å². The Kier molecular flexibility index (Phi) is 6.90. The van der Waals surface area contributed by atoms with Crippen molar-refractivity contribution in [1.82, 2.24) is 19.4 Å². The minimum absolute atomic E-state index is 0.124. The molecule has 3 aromatic rings. The first-order valence-corrected chi connectivity index (χ1v) is 11.1. The summed E-state index contributed by atoms with van der Waals surface area (Å²) in [4.78, 5) is 48.3. The van der Waals surface area contributed by atoms with E-state index in [0.717, 1.165) is 11.1 Å². The maximum Gasteiger partial charge on any atom is 0.330 e. The number of aromatic nitrogens is 3. The van der Waals surface area contributed by atoms with Crippen LogP contribution in [0.25, 0.3) is 16.6 Å². The van der Waals surface area contributed by atoms with Gasteiger partial charge in [-0.2, -0.15) is 0 Å². The Hall–Kier alpha value is -3.37. The molecule has 0 spiro atoms. The van der Waals surface area contributed by atoms with Crippen molar-refractivity contribution in [1.29, 1.82) is 0 Å². The summed E-state index contributed by atoms with van der Waals surface area (Å²) in [5, 5.41) is 1.45. The standard InChI is InChI=1S/C22H21Cl2N5O5/c1-13(30)34-11-19(31)29-8-7-27(10-17(29)22(32)33-2)18-9-16(28-6-5-25-12-28)14-3-4-15(23)20(24)21(14)26-18/h3-6,9,12,17H,7-8,10-11H2,1-2H3. The van der Waals surface area contributed by atoms with E-state index in [2.05, 4.69) is 4.98 Å². The van der Waals surface area contributed by atoms with E-state index in [9.17, 15) is 14.4 Å². The quantitative estimate of drug-likeness (QED) is 0.486. The summed E-state index contributed by atoms with van der Waals surface area (Å²) >= 11 is 12.7. The van der Waals surface area contributed by atoms with Gasteiger partial charge in [0, 0.05) is 43.9 Å². The van der Waals surface area contributed by atoms with Crippen LogP contribution in [0.4, 0.5) is 5.82 Å². The largest absolute Gasteiger partial charge is 0.467 e. The topological polar surface area (TPSA) is 107 Å². The molecule has 2 aromatic heterocycles. The van der Waals surface area contributed by atoms with Gasteiger partial charge in [-0.05, 0) is 12.1 Å². The molecule has 0 N–H and O–H groups in total. The smallest absolute Gasteiger partial charge is 0.330 e. The van der Waals surface area contributed by atoms with Gasteiger partial charge < -0.3 is 23.8 Å². The summed E-state index contributed by atoms with van der Waals surface area (Å²) in [5.41, 5.74) is 1.28. The number of hydrogen-bond donors (Lipinski definition) is 0. The first kappa shape index (κ1) is 23.8. The monoisotopic (exact) mass is 505 g/mol. The number of halogens is 2. The lowest BCUT2D eigenvalue weighted by Crippen LogP contribution is -2.59. The Morgan fingerprint density at radius 1 is 1.21 bits per heavy atom. The molecule has 1 fully saturated rings. The zero-order valence-corrected chi connectivity index (χ0v) is 19.9. The minimum atomic E-state index is -0.911. The van der Waals surface area contributed by atoms with Gasteiger partial charge in [0.25, 0.3) is 5.91 Å². The second-order valence-electron chi connectivity index (χ2n) is 7.58. The van der Waals surface area contributed by atoms with Gasteiger partial charge in [-0.25, -0.2) is 14.8 Å². The third-order valence-corrected chi connectivity index (χ3v) is 6.31. The maximum absolute atomic E-state index is 12.6. The van der Waals surface area contributed by atoms with E-state index >= 15 is 0 Å². The number of nitrogens with zero attached hydrogens (tertiary/aromatic N) is 5. The highest BCUT2D eigenvalue weighted by atomic mass is 35.5. The summed E-state index contributed by atoms with van der Waals surface area (Å²) in [7, 11) is 1.25. The van der Waals surface area contributed by atoms with Gasteiger partial charge in [-0.1, -0.05) is 23.2 Å². The first-order valence-electron chi connectivity index (χ1n) is 10.3. The predicted octanol–water partition coefficient (Wildman–Crippen LogP) is 2.48. The Labute approximate surface area is 205 Å². The van der Waals surface area contributed by atoms with Crippen molar-refractivity contribution < 1.29 is 23.9 Å². The van der Waals surface area contributed by atoms with E-state index in [-0.39, 0.29) is 13.1 Å². The number of esters is 2. The molecule has 1 amide bonds. The van der Waals surface area contributed by atoms with E-state index < -0.39 is 30.5 Å². The number of anilines is 1. The van der Waals surface area contributed by atoms with Crippen molar-refractivity contribution in [3.8, 4) is 5.69 Å². The number of carbonyl (C=O) groups excluding carboxylic acids is 3. The molecule has 178 valence electrons. The second-order valence-corrected chi connectivity index (χ2v) is 8.36. The van der Waals surface area contributed by atoms with Crippen molar-refractivity contribution in [2.24, 2.45) is 0 Å². The molecular weight excluding hydrogens is 485 g/mol. The normalized spacial score (nSPS) is 15.9. The summed E-state index contributed by atoms with van der Waals surface area (Å²) in [5.74, 6) is -1.10. The zero-order chi connectivity index (χ0) is 24.4. The van der Waals surface area contributed by atoms with Gasteiger partial charge in [0.05, 0.1) is 41.2 Å². The van der Waals surface area contributed by atoms with Crippen LogP contribution in [0.1, 0.15) is 6.92 Å². The number of piperazine rings is 1. The molecule has 1 aromatic carbocycles. The summed E-state index contributed by atoms with van der Waals surface area (Å²) < 4.78 is 11.6. The summed E-state index contributed by atoms with van der Waals surface area (Å²) in [6.07, 6.45) is 5.11. The molecule has 0 radical (unpaired) electrons. The van der Waals surface area contributed by atoms with Gasteiger partial charge in [0.1, 0.15) is 11.9 Å². The Morgan fingerprint density at radius 2 is 2.00 bits per heavy atom. The third kappa shape index (κ3) is 4.64. The van der Waals surface area contributed by atoms with Crippen molar-refractivity contribution in [2.75, 3.05) is 38.3 Å². The minimum Gasteiger partial charge on any atom is -0.467 e. The molecule has 1 atom stereocenters. The highest BCUT2D eigenvalue weighted by Gasteiger charge is 2.37. The number of methoxy groups -OCH3 is 1. The van der Waals surface area contributed by atoms with Gasteiger partial charge in [0.2, 0.25) is 0 Å². The predicted molar refractivity (Wildman–Crippen MR) is 125 cm³/mol. The molecule has 3 heterocycles. The van der Waals surface area contributed by atoms with Crippen LogP contribution in [0, 0.1) is 0 Å². The number of pyridine rings is 1. The molecule has 1 aliphatic rings. The summed E-state index contributed by atoms with van der Waals surface area (Å²) in [6, 6.07) is 4.48. The van der Waals surface area contributed by atoms with E-state index in [1.807, 2.05) is 21.6 Å². The lowest BCUT2D eigenvalue weighted by atomic mass is 10.1. The molecule has 10 nitrogen and oxygen atoms in total. The van der Waals surface area contributed by atoms with E-state index in [1.54, 1.807) is 24.8 Å². The molecule has 34 heavy (non-hydrogen) atoms. The van der Waals surface area contributed by atoms with Gasteiger partial charge in [-0.15, -0.1) is 0 Å². The van der Waals surface area contributed by atoms with Crippen LogP contribution in [0.15, 0.2) is 36.9 Å². The Bertz CT molecular complexity index is 1250. The van der Waals surface area contributed by atoms with E-state index in [1.165, 1.54) is 18.9 Å². The molecular formula is C22H21Cl2N5O5. The van der Waals surface area contributed by atoms with Crippen LogP contribution < -0.4 is 4.90 Å². The average molecular weight is 506 g/mol. The fraction of sp³-hybridized carbons (Fsp3) is 0.318. The molecule has 1 saturated heterocycles. The average Bonchev–Trinajstić information content (AvgIpc) is 3.38. The zero-order valence-electron chi connectivity index (χ0n) is 18.4. The highest BCUT2D eigenvalue weighted by molar-refractivity contribution is 6.45. The van der Waals surface area contributed by atoms with Crippen LogP contribution in [0.5, 0.6) is 0 Å². The molecule has 1 aliphatic heterocycles. The number of benzene rings is 1. The van der Waals surface area contributed by atoms with Gasteiger partial charge in [0.15, 0.2) is 6.61 Å². The Morgan fingerprint density at radius 3 is 2.68 bits per heavy atom. The molecule has 1 unspecified atom stereocenters. The van der Waals surface area contributed by atoms with Crippen LogP contribution >= 0.6 is 23.2 Å². The number of ether oxygens (including phenoxy) is 2. The van der Waals surface area contributed by atoms with Crippen molar-refractivity contribution in [3.63, 3.8) is 0 Å². The van der Waals surface area contributed by atoms with Crippen LogP contribution in [0.3, 0.4) is 0 Å². The van der Waals surface area contributed by atoms with E-state index in [4.69, 9.17) is 37.7 Å². The fourth-order valence-electron chi connectivity index (χ4n) is 3.85. The molecule has 12 heteroatoms. The lowest BCUT2D eigenvalue weighted by Gasteiger charge is -2.40. The number of hydrogen-bond acceptors (Lipinski definition) is 8. The van der Waals surface area contributed by atoms with Gasteiger partial charge >= 0.3 is 11.9 Å². The number of amides is 1. The highest BCUT2D eigenvalue weighted by Crippen LogP contribution is 2.35. The third-order valence-electron chi connectivity index (χ3n) is 5.52. The van der Waals surface area contributed by atoms with Crippen molar-refractivity contribution >= 4 is 57.8 Å². The number of rotatable bonds is 5. The maximum atomic E-state index is 12.6. The van der Waals surface area contributed by atoms with Crippen LogP contribution in [0.2, 0.25) is 10.0 Å². The molecule has 4 rings (SSSR count). The second kappa shape index (κ2) is 9.86. The van der Waals surface area contributed by atoms with E-state index in [0.29, 0.717) is 27.9 Å². The summed E-state index contributed by atoms with van der Waals surface area (Å²) in [6.45, 7) is 1.46. The van der Waals surface area contributed by atoms with Crippen LogP contribution in [-0.4, -0.2) is 76.7 Å². The molecule has 0 bridgehead atoms. The number of fused-ring (bicyclic) bond motifs is 1. The number of imidazole rings is 1. The molecule has 0 saturated carbocycles. The van der Waals surface area contributed by atoms with Crippen LogP contribution in [-0.2, 0) is 23.9 Å². The SMILES string of the molecule is COC(=O)C1CN(c2cc(-n3ccnc3)c3ccc(Cl)c(Cl)c3n2)CCN1C(=O)COC(C)=O. The fourth-order valence-corrected chi connectivity index (χ4v) is 4.21. The number of carbonyl (C=O) groups is 3.